The molecule has 1 aromatic carbocycles. The Labute approximate surface area is 114 Å². The molecular formula is C13H11ClO5. The number of phenols is 2. The Morgan fingerprint density at radius 2 is 1.53 bits per heavy atom. The van der Waals surface area contributed by atoms with Crippen LogP contribution in [0.25, 0.3) is 0 Å². The minimum atomic E-state index is -0.750. The van der Waals surface area contributed by atoms with Crippen LogP contribution in [0.15, 0.2) is 22.9 Å². The monoisotopic (exact) mass is 282 g/mol. The number of aromatic hydroxyl groups is 2. The first-order valence-corrected chi connectivity index (χ1v) is 5.93. The SMILES string of the molecule is CC(C)OC1=C(Cl)C(=O)c2c(O)ccc(O)c2C1=O. The van der Waals surface area contributed by atoms with E-state index >= 15 is 0 Å². The molecule has 0 aromatic heterocycles. The van der Waals surface area contributed by atoms with Crippen molar-refractivity contribution in [3.63, 3.8) is 0 Å². The first kappa shape index (κ1) is 13.4. The summed E-state index contributed by atoms with van der Waals surface area (Å²) in [6, 6.07) is 2.25. The van der Waals surface area contributed by atoms with E-state index in [4.69, 9.17) is 16.3 Å². The zero-order valence-electron chi connectivity index (χ0n) is 10.2. The predicted octanol–water partition coefficient (Wildman–Crippen LogP) is 2.35. The number of phenolic OH excluding ortho intramolecular Hbond substituents is 2. The minimum Gasteiger partial charge on any atom is -0.507 e. The molecular weight excluding hydrogens is 272 g/mol. The van der Waals surface area contributed by atoms with Gasteiger partial charge < -0.3 is 14.9 Å². The molecule has 100 valence electrons. The molecule has 0 saturated carbocycles. The molecule has 0 amide bonds. The summed E-state index contributed by atoms with van der Waals surface area (Å²) in [4.78, 5) is 24.2. The highest BCUT2D eigenvalue weighted by atomic mass is 35.5. The molecule has 0 atom stereocenters. The number of allylic oxidation sites excluding steroid dienone is 2. The zero-order chi connectivity index (χ0) is 14.3. The first-order valence-electron chi connectivity index (χ1n) is 5.55. The van der Waals surface area contributed by atoms with Crippen molar-refractivity contribution < 1.29 is 24.5 Å². The van der Waals surface area contributed by atoms with Crippen molar-refractivity contribution in [1.29, 1.82) is 0 Å². The summed E-state index contributed by atoms with van der Waals surface area (Å²) in [5.74, 6) is -2.59. The highest BCUT2D eigenvalue weighted by molar-refractivity contribution is 6.50. The topological polar surface area (TPSA) is 83.8 Å². The number of hydrogen-bond donors (Lipinski definition) is 2. The molecule has 0 aliphatic heterocycles. The number of ketones is 2. The Hall–Kier alpha value is -2.01. The van der Waals surface area contributed by atoms with Crippen LogP contribution in [0.3, 0.4) is 0 Å². The van der Waals surface area contributed by atoms with Gasteiger partial charge in [-0.25, -0.2) is 0 Å². The molecule has 0 saturated heterocycles. The van der Waals surface area contributed by atoms with Crippen LogP contribution in [0.4, 0.5) is 0 Å². The maximum absolute atomic E-state index is 12.2. The number of rotatable bonds is 2. The number of halogens is 1. The molecule has 0 heterocycles. The molecule has 1 aliphatic carbocycles. The van der Waals surface area contributed by atoms with E-state index in [2.05, 4.69) is 0 Å². The highest BCUT2D eigenvalue weighted by Crippen LogP contribution is 2.38. The van der Waals surface area contributed by atoms with Crippen LogP contribution >= 0.6 is 11.6 Å². The highest BCUT2D eigenvalue weighted by Gasteiger charge is 2.37. The van der Waals surface area contributed by atoms with Crippen LogP contribution in [-0.4, -0.2) is 27.9 Å². The Bertz CT molecular complexity index is 616. The van der Waals surface area contributed by atoms with Crippen molar-refractivity contribution in [3.05, 3.63) is 34.1 Å². The lowest BCUT2D eigenvalue weighted by Crippen LogP contribution is -2.23. The van der Waals surface area contributed by atoms with Crippen LogP contribution in [0.5, 0.6) is 11.5 Å². The molecule has 0 fully saturated rings. The largest absolute Gasteiger partial charge is 0.507 e. The van der Waals surface area contributed by atoms with Crippen LogP contribution < -0.4 is 0 Å². The fourth-order valence-electron chi connectivity index (χ4n) is 1.81. The molecule has 2 N–H and O–H groups in total. The van der Waals surface area contributed by atoms with Crippen molar-refractivity contribution in [1.82, 2.24) is 0 Å². The van der Waals surface area contributed by atoms with Gasteiger partial charge in [0.05, 0.1) is 17.2 Å². The van der Waals surface area contributed by atoms with Crippen molar-refractivity contribution in [2.24, 2.45) is 0 Å². The summed E-state index contributed by atoms with van der Waals surface area (Å²) in [5, 5.41) is 19.0. The average molecular weight is 283 g/mol. The van der Waals surface area contributed by atoms with Gasteiger partial charge in [-0.1, -0.05) is 11.6 Å². The van der Waals surface area contributed by atoms with E-state index in [-0.39, 0.29) is 23.0 Å². The molecule has 0 radical (unpaired) electrons. The zero-order valence-corrected chi connectivity index (χ0v) is 11.0. The fraction of sp³-hybridized carbons (Fsp3) is 0.231. The van der Waals surface area contributed by atoms with Crippen molar-refractivity contribution in [2.75, 3.05) is 0 Å². The maximum Gasteiger partial charge on any atom is 0.233 e. The Kier molecular flexibility index (Phi) is 3.24. The minimum absolute atomic E-state index is 0.287. The third-order valence-electron chi connectivity index (χ3n) is 2.57. The van der Waals surface area contributed by atoms with E-state index in [0.29, 0.717) is 0 Å². The summed E-state index contributed by atoms with van der Waals surface area (Å²) >= 11 is 5.82. The number of carbonyl (C=O) groups excluding carboxylic acids is 2. The van der Waals surface area contributed by atoms with Crippen molar-refractivity contribution in [2.45, 2.75) is 20.0 Å². The molecule has 6 heteroatoms. The molecule has 0 unspecified atom stereocenters. The van der Waals surface area contributed by atoms with Gasteiger partial charge in [0.25, 0.3) is 0 Å². The fourth-order valence-corrected chi connectivity index (χ4v) is 2.03. The van der Waals surface area contributed by atoms with Gasteiger partial charge >= 0.3 is 0 Å². The van der Waals surface area contributed by atoms with E-state index in [0.717, 1.165) is 12.1 Å². The predicted molar refractivity (Wildman–Crippen MR) is 67.5 cm³/mol. The lowest BCUT2D eigenvalue weighted by atomic mass is 9.91. The summed E-state index contributed by atoms with van der Waals surface area (Å²) in [6.07, 6.45) is -0.360. The first-order chi connectivity index (χ1) is 8.84. The molecule has 1 aliphatic rings. The molecule has 2 rings (SSSR count). The summed E-state index contributed by atoms with van der Waals surface area (Å²) in [5.41, 5.74) is -0.587. The van der Waals surface area contributed by atoms with Gasteiger partial charge in [0, 0.05) is 0 Å². The third kappa shape index (κ3) is 2.06. The van der Waals surface area contributed by atoms with Crippen molar-refractivity contribution in [3.8, 4) is 11.5 Å². The van der Waals surface area contributed by atoms with Gasteiger partial charge in [-0.05, 0) is 26.0 Å². The number of fused-ring (bicyclic) bond motifs is 1. The van der Waals surface area contributed by atoms with Crippen LogP contribution in [0.2, 0.25) is 0 Å². The molecule has 19 heavy (non-hydrogen) atoms. The smallest absolute Gasteiger partial charge is 0.233 e. The molecule has 5 nitrogen and oxygen atoms in total. The number of ether oxygens (including phenoxy) is 1. The number of carbonyl (C=O) groups is 2. The quantitative estimate of drug-likeness (QED) is 0.814. The second-order valence-corrected chi connectivity index (χ2v) is 4.70. The van der Waals surface area contributed by atoms with Gasteiger partial charge in [-0.3, -0.25) is 9.59 Å². The van der Waals surface area contributed by atoms with Gasteiger partial charge in [0.2, 0.25) is 11.6 Å². The van der Waals surface area contributed by atoms with Crippen LogP contribution in [0, 0.1) is 0 Å². The number of Topliss-reactive ketones (excluding diaryl/α,β-unsaturated/α-hetero) is 2. The van der Waals surface area contributed by atoms with E-state index in [1.165, 1.54) is 0 Å². The number of hydrogen-bond acceptors (Lipinski definition) is 5. The second kappa shape index (κ2) is 4.59. The Morgan fingerprint density at radius 3 is 2.00 bits per heavy atom. The van der Waals surface area contributed by atoms with E-state index in [1.54, 1.807) is 13.8 Å². The summed E-state index contributed by atoms with van der Waals surface area (Å²) in [7, 11) is 0. The maximum atomic E-state index is 12.2. The van der Waals surface area contributed by atoms with E-state index in [9.17, 15) is 19.8 Å². The van der Waals surface area contributed by atoms with Gasteiger partial charge in [0.1, 0.15) is 16.5 Å². The average Bonchev–Trinajstić information content (AvgIpc) is 2.34. The Balaban J connectivity index is 2.68. The van der Waals surface area contributed by atoms with E-state index < -0.39 is 28.1 Å². The van der Waals surface area contributed by atoms with Crippen LogP contribution in [0.1, 0.15) is 34.6 Å². The van der Waals surface area contributed by atoms with Gasteiger partial charge in [-0.2, -0.15) is 0 Å². The van der Waals surface area contributed by atoms with E-state index in [1.807, 2.05) is 0 Å². The lowest BCUT2D eigenvalue weighted by molar-refractivity contribution is 0.0802. The molecule has 0 spiro atoms. The standard InChI is InChI=1S/C13H11ClO5/c1-5(2)19-13-10(14)11(17)8-6(15)3-4-7(16)9(8)12(13)18/h3-5,15-16H,1-2H3. The van der Waals surface area contributed by atoms with Crippen molar-refractivity contribution >= 4 is 23.2 Å². The molecule has 1 aromatic rings. The van der Waals surface area contributed by atoms with Gasteiger partial charge in [-0.15, -0.1) is 0 Å². The summed E-state index contributed by atoms with van der Waals surface area (Å²) in [6.45, 7) is 3.35. The van der Waals surface area contributed by atoms with Gasteiger partial charge in [0.15, 0.2) is 5.76 Å². The second-order valence-electron chi connectivity index (χ2n) is 4.32. The number of benzene rings is 1. The third-order valence-corrected chi connectivity index (χ3v) is 2.92. The molecule has 0 bridgehead atoms. The normalized spacial score (nSPS) is 14.9. The Morgan fingerprint density at radius 1 is 1.05 bits per heavy atom. The summed E-state index contributed by atoms with van der Waals surface area (Å²) < 4.78 is 5.22. The lowest BCUT2D eigenvalue weighted by Gasteiger charge is -2.21. The van der Waals surface area contributed by atoms with Crippen LogP contribution in [-0.2, 0) is 4.74 Å².